The van der Waals surface area contributed by atoms with E-state index in [2.05, 4.69) is 15.9 Å². The lowest BCUT2D eigenvalue weighted by Gasteiger charge is -1.77. The van der Waals surface area contributed by atoms with Gasteiger partial charge in [-0.3, -0.25) is 4.79 Å². The molecule has 48 valence electrons. The average Bonchev–Trinajstić information content (AvgIpc) is 2.13. The molecule has 0 amide bonds. The van der Waals surface area contributed by atoms with E-state index in [1.54, 1.807) is 0 Å². The van der Waals surface area contributed by atoms with Crippen LogP contribution in [0.15, 0.2) is 9.85 Å². The molecular formula is C5H3BrO2S. The van der Waals surface area contributed by atoms with Gasteiger partial charge < -0.3 is 5.11 Å². The van der Waals surface area contributed by atoms with Crippen LogP contribution in [-0.2, 0) is 0 Å². The molecule has 1 heterocycles. The van der Waals surface area contributed by atoms with E-state index in [0.29, 0.717) is 14.9 Å². The summed E-state index contributed by atoms with van der Waals surface area (Å²) in [4.78, 5) is 10.6. The Hall–Kier alpha value is -0.350. The third kappa shape index (κ3) is 1.31. The summed E-state index contributed by atoms with van der Waals surface area (Å²) in [6.45, 7) is 0. The first kappa shape index (κ1) is 6.77. The standard InChI is InChI=1S/C5H3BrO2S/c6-5-4(8)1-3(2-7)9-5/h1-2,8H. The van der Waals surface area contributed by atoms with E-state index in [9.17, 15) is 4.79 Å². The van der Waals surface area contributed by atoms with E-state index in [0.717, 1.165) is 0 Å². The van der Waals surface area contributed by atoms with Crippen molar-refractivity contribution in [3.05, 3.63) is 14.7 Å². The van der Waals surface area contributed by atoms with Gasteiger partial charge in [0, 0.05) is 6.07 Å². The number of halogens is 1. The van der Waals surface area contributed by atoms with Crippen molar-refractivity contribution >= 4 is 33.6 Å². The van der Waals surface area contributed by atoms with Crippen LogP contribution < -0.4 is 0 Å². The Kier molecular flexibility index (Phi) is 1.87. The van der Waals surface area contributed by atoms with E-state index in [1.807, 2.05) is 0 Å². The monoisotopic (exact) mass is 206 g/mol. The summed E-state index contributed by atoms with van der Waals surface area (Å²) in [5.41, 5.74) is 0. The number of carbonyl (C=O) groups excluding carboxylic acids is 1. The van der Waals surface area contributed by atoms with Crippen LogP contribution in [0.5, 0.6) is 5.75 Å². The van der Waals surface area contributed by atoms with Crippen LogP contribution in [-0.4, -0.2) is 11.4 Å². The summed E-state index contributed by atoms with van der Waals surface area (Å²) in [5.74, 6) is 0.127. The average molecular weight is 207 g/mol. The molecule has 0 bridgehead atoms. The molecule has 0 aliphatic carbocycles. The fourth-order valence-electron chi connectivity index (χ4n) is 0.435. The quantitative estimate of drug-likeness (QED) is 0.715. The number of rotatable bonds is 1. The van der Waals surface area contributed by atoms with Crippen molar-refractivity contribution < 1.29 is 9.90 Å². The lowest BCUT2D eigenvalue weighted by molar-refractivity contribution is 0.112. The second-order valence-corrected chi connectivity index (χ2v) is 3.83. The number of carbonyl (C=O) groups is 1. The molecular weight excluding hydrogens is 204 g/mol. The third-order valence-corrected chi connectivity index (χ3v) is 2.53. The summed E-state index contributed by atoms with van der Waals surface area (Å²) in [5, 5.41) is 8.88. The minimum Gasteiger partial charge on any atom is -0.506 e. The topological polar surface area (TPSA) is 37.3 Å². The van der Waals surface area contributed by atoms with E-state index in [-0.39, 0.29) is 5.75 Å². The molecule has 0 aromatic carbocycles. The molecule has 0 aliphatic heterocycles. The molecule has 0 spiro atoms. The van der Waals surface area contributed by atoms with Crippen LogP contribution in [0.25, 0.3) is 0 Å². The zero-order chi connectivity index (χ0) is 6.85. The SMILES string of the molecule is O=Cc1cc(O)c(Br)s1. The number of aromatic hydroxyl groups is 1. The van der Waals surface area contributed by atoms with Gasteiger partial charge in [-0.1, -0.05) is 0 Å². The first-order valence-corrected chi connectivity index (χ1v) is 3.78. The minimum absolute atomic E-state index is 0.127. The van der Waals surface area contributed by atoms with Gasteiger partial charge in [-0.25, -0.2) is 0 Å². The van der Waals surface area contributed by atoms with E-state index in [4.69, 9.17) is 5.11 Å². The maximum atomic E-state index is 10.1. The Bertz CT molecular complexity index is 211. The van der Waals surface area contributed by atoms with Gasteiger partial charge in [0.05, 0.1) is 4.88 Å². The summed E-state index contributed by atoms with van der Waals surface area (Å²) in [6.07, 6.45) is 0.704. The van der Waals surface area contributed by atoms with Gasteiger partial charge in [-0.15, -0.1) is 11.3 Å². The molecule has 0 saturated carbocycles. The molecule has 0 aliphatic rings. The van der Waals surface area contributed by atoms with E-state index >= 15 is 0 Å². The van der Waals surface area contributed by atoms with Gasteiger partial charge in [0.1, 0.15) is 9.54 Å². The van der Waals surface area contributed by atoms with E-state index in [1.165, 1.54) is 17.4 Å². The largest absolute Gasteiger partial charge is 0.506 e. The van der Waals surface area contributed by atoms with Gasteiger partial charge in [-0.05, 0) is 15.9 Å². The molecule has 0 atom stereocenters. The molecule has 9 heavy (non-hydrogen) atoms. The molecule has 1 aromatic heterocycles. The van der Waals surface area contributed by atoms with Crippen LogP contribution >= 0.6 is 27.3 Å². The number of thiophene rings is 1. The molecule has 0 radical (unpaired) electrons. The first-order valence-electron chi connectivity index (χ1n) is 2.17. The summed E-state index contributed by atoms with van der Waals surface area (Å²) >= 11 is 4.28. The highest BCUT2D eigenvalue weighted by atomic mass is 79.9. The summed E-state index contributed by atoms with van der Waals surface area (Å²) in [6, 6.07) is 1.42. The molecule has 0 saturated heterocycles. The van der Waals surface area contributed by atoms with Gasteiger partial charge >= 0.3 is 0 Å². The van der Waals surface area contributed by atoms with Crippen LogP contribution in [0, 0.1) is 0 Å². The second kappa shape index (κ2) is 2.49. The van der Waals surface area contributed by atoms with Gasteiger partial charge in [0.25, 0.3) is 0 Å². The van der Waals surface area contributed by atoms with E-state index < -0.39 is 0 Å². The number of hydrogen-bond acceptors (Lipinski definition) is 3. The molecule has 2 nitrogen and oxygen atoms in total. The molecule has 4 heteroatoms. The van der Waals surface area contributed by atoms with Crippen LogP contribution in [0.4, 0.5) is 0 Å². The number of aldehydes is 1. The molecule has 1 aromatic rings. The van der Waals surface area contributed by atoms with Crippen LogP contribution in [0.1, 0.15) is 9.67 Å². The van der Waals surface area contributed by atoms with Crippen molar-refractivity contribution in [2.24, 2.45) is 0 Å². The van der Waals surface area contributed by atoms with Crippen molar-refractivity contribution in [3.8, 4) is 5.75 Å². The Morgan fingerprint density at radius 1 is 1.78 bits per heavy atom. The minimum atomic E-state index is 0.127. The predicted octanol–water partition coefficient (Wildman–Crippen LogP) is 2.03. The molecule has 0 fully saturated rings. The Balaban J connectivity index is 3.11. The first-order chi connectivity index (χ1) is 4.24. The maximum absolute atomic E-state index is 10.1. The molecule has 1 N–H and O–H groups in total. The highest BCUT2D eigenvalue weighted by Crippen LogP contribution is 2.32. The zero-order valence-corrected chi connectivity index (χ0v) is 6.70. The number of hydrogen-bond donors (Lipinski definition) is 1. The van der Waals surface area contributed by atoms with Crippen molar-refractivity contribution in [1.29, 1.82) is 0 Å². The molecule has 0 unspecified atom stereocenters. The lowest BCUT2D eigenvalue weighted by Crippen LogP contribution is -1.62. The molecule has 1 rings (SSSR count). The summed E-state index contributed by atoms with van der Waals surface area (Å²) < 4.78 is 0.601. The Morgan fingerprint density at radius 3 is 2.67 bits per heavy atom. The zero-order valence-electron chi connectivity index (χ0n) is 4.30. The smallest absolute Gasteiger partial charge is 0.160 e. The highest BCUT2D eigenvalue weighted by Gasteiger charge is 2.02. The normalized spacial score (nSPS) is 9.44. The third-order valence-electron chi connectivity index (χ3n) is 0.804. The van der Waals surface area contributed by atoms with Gasteiger partial charge in [0.15, 0.2) is 6.29 Å². The fourth-order valence-corrected chi connectivity index (χ4v) is 1.70. The predicted molar refractivity (Wildman–Crippen MR) is 39.1 cm³/mol. The van der Waals surface area contributed by atoms with Crippen molar-refractivity contribution in [2.45, 2.75) is 0 Å². The van der Waals surface area contributed by atoms with Crippen LogP contribution in [0.3, 0.4) is 0 Å². The lowest BCUT2D eigenvalue weighted by atomic mass is 10.5. The second-order valence-electron chi connectivity index (χ2n) is 1.43. The van der Waals surface area contributed by atoms with Gasteiger partial charge in [-0.2, -0.15) is 0 Å². The van der Waals surface area contributed by atoms with Crippen LogP contribution in [0.2, 0.25) is 0 Å². The van der Waals surface area contributed by atoms with Crippen molar-refractivity contribution in [2.75, 3.05) is 0 Å². The summed E-state index contributed by atoms with van der Waals surface area (Å²) in [7, 11) is 0. The van der Waals surface area contributed by atoms with Gasteiger partial charge in [0.2, 0.25) is 0 Å². The maximum Gasteiger partial charge on any atom is 0.160 e. The fraction of sp³-hybridized carbons (Fsp3) is 0. The Labute approximate surface area is 64.3 Å². The van der Waals surface area contributed by atoms with Crippen molar-refractivity contribution in [1.82, 2.24) is 0 Å². The van der Waals surface area contributed by atoms with Crippen molar-refractivity contribution in [3.63, 3.8) is 0 Å². The highest BCUT2D eigenvalue weighted by molar-refractivity contribution is 9.11. The Morgan fingerprint density at radius 2 is 2.44 bits per heavy atom.